The van der Waals surface area contributed by atoms with Crippen molar-refractivity contribution in [2.24, 2.45) is 5.92 Å². The Labute approximate surface area is 122 Å². The minimum absolute atomic E-state index is 0.348. The maximum absolute atomic E-state index is 11.9. The highest BCUT2D eigenvalue weighted by Gasteiger charge is 2.22. The van der Waals surface area contributed by atoms with Gasteiger partial charge in [-0.3, -0.25) is 0 Å². The minimum atomic E-state index is -0.348. The third-order valence-electron chi connectivity index (χ3n) is 3.79. The topological polar surface area (TPSA) is 65.2 Å². The summed E-state index contributed by atoms with van der Waals surface area (Å²) < 4.78 is 5.04. The molecule has 2 aromatic rings. The molecule has 0 amide bonds. The lowest BCUT2D eigenvalue weighted by atomic mass is 9.87. The fourth-order valence-electron chi connectivity index (χ4n) is 2.72. The molecule has 1 unspecified atom stereocenters. The first-order chi connectivity index (χ1) is 9.60. The van der Waals surface area contributed by atoms with Crippen LogP contribution in [0.2, 0.25) is 0 Å². The zero-order chi connectivity index (χ0) is 14.3. The van der Waals surface area contributed by atoms with E-state index >= 15 is 0 Å². The summed E-state index contributed by atoms with van der Waals surface area (Å²) in [5, 5.41) is 0.894. The third kappa shape index (κ3) is 2.16. The lowest BCUT2D eigenvalue weighted by Crippen LogP contribution is -2.12. The molecule has 2 heterocycles. The molecule has 1 aliphatic carbocycles. The van der Waals surface area contributed by atoms with Gasteiger partial charge in [0.2, 0.25) is 0 Å². The van der Waals surface area contributed by atoms with Crippen LogP contribution in [-0.2, 0) is 17.6 Å². The largest absolute Gasteiger partial charge is 0.462 e. The molecule has 1 aliphatic rings. The summed E-state index contributed by atoms with van der Waals surface area (Å²) in [5.41, 5.74) is 9.05. The van der Waals surface area contributed by atoms with Crippen LogP contribution in [0.25, 0.3) is 10.2 Å². The van der Waals surface area contributed by atoms with E-state index in [9.17, 15) is 4.79 Å². The molecule has 5 heteroatoms. The molecule has 2 aromatic heterocycles. The van der Waals surface area contributed by atoms with Gasteiger partial charge in [-0.15, -0.1) is 11.3 Å². The summed E-state index contributed by atoms with van der Waals surface area (Å²) in [6.45, 7) is 4.40. The van der Waals surface area contributed by atoms with Crippen molar-refractivity contribution in [3.63, 3.8) is 0 Å². The number of nitrogens with zero attached hydrogens (tertiary/aromatic N) is 1. The molecule has 0 aromatic carbocycles. The molecular formula is C15H18N2O2S. The van der Waals surface area contributed by atoms with Gasteiger partial charge in [-0.1, -0.05) is 6.92 Å². The third-order valence-corrected chi connectivity index (χ3v) is 4.89. The molecule has 0 fully saturated rings. The zero-order valence-corrected chi connectivity index (χ0v) is 12.5. The number of hydrogen-bond acceptors (Lipinski definition) is 5. The van der Waals surface area contributed by atoms with Gasteiger partial charge in [0.15, 0.2) is 0 Å². The van der Waals surface area contributed by atoms with E-state index < -0.39 is 0 Å². The Morgan fingerprint density at radius 1 is 1.60 bits per heavy atom. The lowest BCUT2D eigenvalue weighted by molar-refractivity contribution is 0.0533. The normalized spacial score (nSPS) is 18.0. The van der Waals surface area contributed by atoms with Crippen LogP contribution in [0.3, 0.4) is 0 Å². The highest BCUT2D eigenvalue weighted by Crippen LogP contribution is 2.36. The summed E-state index contributed by atoms with van der Waals surface area (Å²) in [5.74, 6) is 0.338. The second kappa shape index (κ2) is 5.05. The van der Waals surface area contributed by atoms with Crippen LogP contribution in [0.15, 0.2) is 6.07 Å². The number of ether oxygens (including phenoxy) is 1. The standard InChI is InChI=1S/C15H18N2O2S/c1-3-19-15(18)13-12(16)10-7-9-6-8(2)4-5-11(9)17-14(10)20-13/h7-8H,3-6,16H2,1-2H3. The second-order valence-corrected chi connectivity index (χ2v) is 6.36. The number of aryl methyl sites for hydroxylation is 1. The molecule has 0 saturated heterocycles. The second-order valence-electron chi connectivity index (χ2n) is 5.36. The Bertz CT molecular complexity index is 678. The smallest absolute Gasteiger partial charge is 0.350 e. The van der Waals surface area contributed by atoms with Gasteiger partial charge in [0.1, 0.15) is 9.71 Å². The van der Waals surface area contributed by atoms with E-state index in [4.69, 9.17) is 15.5 Å². The first kappa shape index (κ1) is 13.4. The van der Waals surface area contributed by atoms with Crippen molar-refractivity contribution < 1.29 is 9.53 Å². The van der Waals surface area contributed by atoms with Gasteiger partial charge < -0.3 is 10.5 Å². The SMILES string of the molecule is CCOC(=O)c1sc2nc3c(cc2c1N)CC(C)CC3. The summed E-state index contributed by atoms with van der Waals surface area (Å²) in [6.07, 6.45) is 3.23. The average Bonchev–Trinajstić information content (AvgIpc) is 2.74. The number of esters is 1. The van der Waals surface area contributed by atoms with Crippen LogP contribution in [0.4, 0.5) is 5.69 Å². The maximum Gasteiger partial charge on any atom is 0.350 e. The molecule has 4 nitrogen and oxygen atoms in total. The van der Waals surface area contributed by atoms with Crippen LogP contribution >= 0.6 is 11.3 Å². The van der Waals surface area contributed by atoms with E-state index in [1.165, 1.54) is 23.3 Å². The monoisotopic (exact) mass is 290 g/mol. The highest BCUT2D eigenvalue weighted by atomic mass is 32.1. The number of aromatic nitrogens is 1. The van der Waals surface area contributed by atoms with E-state index in [0.717, 1.165) is 28.8 Å². The van der Waals surface area contributed by atoms with Gasteiger partial charge in [0.05, 0.1) is 12.3 Å². The minimum Gasteiger partial charge on any atom is -0.462 e. The Hall–Kier alpha value is -1.62. The van der Waals surface area contributed by atoms with Crippen LogP contribution in [-0.4, -0.2) is 17.6 Å². The number of anilines is 1. The lowest BCUT2D eigenvalue weighted by Gasteiger charge is -2.20. The van der Waals surface area contributed by atoms with Crippen molar-refractivity contribution in [2.45, 2.75) is 33.1 Å². The maximum atomic E-state index is 11.9. The molecule has 0 saturated carbocycles. The molecule has 1 atom stereocenters. The van der Waals surface area contributed by atoms with E-state index in [1.54, 1.807) is 6.92 Å². The van der Waals surface area contributed by atoms with Crippen molar-refractivity contribution in [1.82, 2.24) is 4.98 Å². The number of nitrogen functional groups attached to an aromatic ring is 1. The fourth-order valence-corrected chi connectivity index (χ4v) is 3.71. The first-order valence-corrected chi connectivity index (χ1v) is 7.79. The molecule has 0 radical (unpaired) electrons. The van der Waals surface area contributed by atoms with Gasteiger partial charge in [-0.25, -0.2) is 9.78 Å². The van der Waals surface area contributed by atoms with Crippen LogP contribution in [0.5, 0.6) is 0 Å². The number of pyridine rings is 1. The molecule has 2 N–H and O–H groups in total. The zero-order valence-electron chi connectivity index (χ0n) is 11.7. The molecule has 0 bridgehead atoms. The van der Waals surface area contributed by atoms with E-state index in [1.807, 2.05) is 0 Å². The van der Waals surface area contributed by atoms with Crippen LogP contribution in [0.1, 0.15) is 41.2 Å². The Morgan fingerprint density at radius 3 is 3.15 bits per heavy atom. The molecule has 20 heavy (non-hydrogen) atoms. The van der Waals surface area contributed by atoms with Crippen molar-refractivity contribution in [3.05, 3.63) is 22.2 Å². The number of rotatable bonds is 2. The Morgan fingerprint density at radius 2 is 2.40 bits per heavy atom. The van der Waals surface area contributed by atoms with Crippen molar-refractivity contribution in [3.8, 4) is 0 Å². The van der Waals surface area contributed by atoms with Crippen molar-refractivity contribution in [2.75, 3.05) is 12.3 Å². The highest BCUT2D eigenvalue weighted by molar-refractivity contribution is 7.21. The number of hydrogen-bond donors (Lipinski definition) is 1. The predicted octanol–water partition coefficient (Wildman–Crippen LogP) is 3.18. The van der Waals surface area contributed by atoms with E-state index in [2.05, 4.69) is 13.0 Å². The number of carbonyl (C=O) groups excluding carboxylic acids is 1. The van der Waals surface area contributed by atoms with Gasteiger partial charge in [0.25, 0.3) is 0 Å². The fraction of sp³-hybridized carbons (Fsp3) is 0.467. The van der Waals surface area contributed by atoms with Gasteiger partial charge >= 0.3 is 5.97 Å². The molecular weight excluding hydrogens is 272 g/mol. The van der Waals surface area contributed by atoms with Gasteiger partial charge in [-0.05, 0) is 43.7 Å². The summed E-state index contributed by atoms with van der Waals surface area (Å²) in [7, 11) is 0. The number of nitrogens with two attached hydrogens (primary N) is 1. The first-order valence-electron chi connectivity index (χ1n) is 6.98. The summed E-state index contributed by atoms with van der Waals surface area (Å²) >= 11 is 1.33. The number of carbonyl (C=O) groups is 1. The van der Waals surface area contributed by atoms with Crippen molar-refractivity contribution >= 4 is 33.2 Å². The summed E-state index contributed by atoms with van der Waals surface area (Å²) in [4.78, 5) is 17.9. The van der Waals surface area contributed by atoms with E-state index in [0.29, 0.717) is 23.1 Å². The van der Waals surface area contributed by atoms with Crippen molar-refractivity contribution in [1.29, 1.82) is 0 Å². The molecule has 106 valence electrons. The van der Waals surface area contributed by atoms with E-state index in [-0.39, 0.29) is 5.97 Å². The van der Waals surface area contributed by atoms with Gasteiger partial charge in [-0.2, -0.15) is 0 Å². The predicted molar refractivity (Wildman–Crippen MR) is 81.2 cm³/mol. The van der Waals surface area contributed by atoms with Crippen LogP contribution in [0, 0.1) is 5.92 Å². The molecule has 0 spiro atoms. The number of thiophene rings is 1. The molecule has 3 rings (SSSR count). The number of fused-ring (bicyclic) bond motifs is 2. The quantitative estimate of drug-likeness (QED) is 0.863. The average molecular weight is 290 g/mol. The Kier molecular flexibility index (Phi) is 3.38. The van der Waals surface area contributed by atoms with Gasteiger partial charge in [0, 0.05) is 11.1 Å². The summed E-state index contributed by atoms with van der Waals surface area (Å²) in [6, 6.07) is 2.11. The Balaban J connectivity index is 2.10. The van der Waals surface area contributed by atoms with Crippen LogP contribution < -0.4 is 5.73 Å². The molecule has 0 aliphatic heterocycles.